The van der Waals surface area contributed by atoms with Crippen molar-refractivity contribution in [3.63, 3.8) is 0 Å². The molecular weight excluding hydrogens is 292 g/mol. The Morgan fingerprint density at radius 2 is 2.13 bits per heavy atom. The molecule has 2 N–H and O–H groups in total. The van der Waals surface area contributed by atoms with Crippen LogP contribution in [0, 0.1) is 13.8 Å². The molecule has 2 aromatic rings. The smallest absolute Gasteiger partial charge is 0.319 e. The Morgan fingerprint density at radius 3 is 2.74 bits per heavy atom. The second-order valence-electron chi connectivity index (χ2n) is 5.66. The van der Waals surface area contributed by atoms with Crippen LogP contribution in [0.15, 0.2) is 24.3 Å². The fraction of sp³-hybridized carbons (Fsp3) is 0.412. The summed E-state index contributed by atoms with van der Waals surface area (Å²) in [6.45, 7) is 6.42. The maximum Gasteiger partial charge on any atom is 0.319 e. The van der Waals surface area contributed by atoms with E-state index in [1.807, 2.05) is 56.8 Å². The van der Waals surface area contributed by atoms with Gasteiger partial charge < -0.3 is 15.4 Å². The van der Waals surface area contributed by atoms with Crippen molar-refractivity contribution >= 4 is 11.7 Å². The fourth-order valence-electron chi connectivity index (χ4n) is 2.76. The largest absolute Gasteiger partial charge is 0.380 e. The second kappa shape index (κ2) is 7.28. The first-order chi connectivity index (χ1) is 10.9. The van der Waals surface area contributed by atoms with Crippen LogP contribution in [-0.4, -0.2) is 22.9 Å². The normalized spacial score (nSPS) is 12.0. The van der Waals surface area contributed by atoms with E-state index >= 15 is 0 Å². The highest BCUT2D eigenvalue weighted by Crippen LogP contribution is 2.20. The summed E-state index contributed by atoms with van der Waals surface area (Å²) in [5.74, 6) is 0. The van der Waals surface area contributed by atoms with Gasteiger partial charge in [0.05, 0.1) is 18.3 Å². The lowest BCUT2D eigenvalue weighted by atomic mass is 10.1. The van der Waals surface area contributed by atoms with Gasteiger partial charge in [-0.3, -0.25) is 4.68 Å². The summed E-state index contributed by atoms with van der Waals surface area (Å²) in [4.78, 5) is 12.2. The number of carbonyl (C=O) groups is 1. The van der Waals surface area contributed by atoms with Crippen molar-refractivity contribution in [3.8, 4) is 0 Å². The van der Waals surface area contributed by atoms with E-state index in [4.69, 9.17) is 4.74 Å². The molecule has 1 aromatic heterocycles. The van der Waals surface area contributed by atoms with Crippen LogP contribution in [0.4, 0.5) is 10.5 Å². The van der Waals surface area contributed by atoms with E-state index in [1.165, 1.54) is 0 Å². The highest BCUT2D eigenvalue weighted by molar-refractivity contribution is 5.89. The number of aryl methyl sites for hydroxylation is 2. The van der Waals surface area contributed by atoms with Crippen molar-refractivity contribution in [2.45, 2.75) is 33.4 Å². The molecule has 0 radical (unpaired) electrons. The first-order valence-corrected chi connectivity index (χ1v) is 7.58. The molecule has 0 aliphatic heterocycles. The lowest BCUT2D eigenvalue weighted by Crippen LogP contribution is -2.31. The average molecular weight is 316 g/mol. The van der Waals surface area contributed by atoms with E-state index in [2.05, 4.69) is 15.7 Å². The third-order valence-corrected chi connectivity index (χ3v) is 3.84. The highest BCUT2D eigenvalue weighted by atomic mass is 16.5. The van der Waals surface area contributed by atoms with Crippen molar-refractivity contribution in [2.24, 2.45) is 7.05 Å². The first kappa shape index (κ1) is 17.0. The maximum atomic E-state index is 12.2. The number of hydrogen-bond donors (Lipinski definition) is 2. The zero-order chi connectivity index (χ0) is 17.0. The summed E-state index contributed by atoms with van der Waals surface area (Å²) in [5, 5.41) is 10.2. The molecule has 6 heteroatoms. The Kier molecular flexibility index (Phi) is 5.39. The molecule has 0 spiro atoms. The van der Waals surface area contributed by atoms with E-state index in [1.54, 1.807) is 7.11 Å². The number of urea groups is 1. The Balaban J connectivity index is 2.03. The lowest BCUT2D eigenvalue weighted by molar-refractivity contribution is 0.185. The number of carbonyl (C=O) groups excluding carboxylic acids is 1. The third-order valence-electron chi connectivity index (χ3n) is 3.84. The Bertz CT molecular complexity index is 694. The van der Waals surface area contributed by atoms with Gasteiger partial charge in [0, 0.05) is 31.1 Å². The minimum absolute atomic E-state index is 0.120. The minimum atomic E-state index is -0.241. The zero-order valence-corrected chi connectivity index (χ0v) is 14.3. The van der Waals surface area contributed by atoms with Gasteiger partial charge in [-0.1, -0.05) is 12.1 Å². The predicted octanol–water partition coefficient (Wildman–Crippen LogP) is 3.07. The molecular formula is C17H24N4O2. The van der Waals surface area contributed by atoms with E-state index in [0.29, 0.717) is 6.61 Å². The second-order valence-corrected chi connectivity index (χ2v) is 5.66. The Labute approximate surface area is 136 Å². The summed E-state index contributed by atoms with van der Waals surface area (Å²) in [6, 6.07) is 7.24. The number of benzene rings is 1. The van der Waals surface area contributed by atoms with Crippen molar-refractivity contribution in [2.75, 3.05) is 12.4 Å². The van der Waals surface area contributed by atoms with Crippen molar-refractivity contribution in [3.05, 3.63) is 46.8 Å². The minimum Gasteiger partial charge on any atom is -0.380 e. The van der Waals surface area contributed by atoms with Gasteiger partial charge in [0.2, 0.25) is 0 Å². The van der Waals surface area contributed by atoms with Crippen LogP contribution in [0.3, 0.4) is 0 Å². The monoisotopic (exact) mass is 316 g/mol. The van der Waals surface area contributed by atoms with E-state index in [9.17, 15) is 4.79 Å². The number of amides is 2. The molecule has 0 fully saturated rings. The van der Waals surface area contributed by atoms with E-state index in [0.717, 1.165) is 28.2 Å². The molecule has 124 valence electrons. The number of ether oxygens (including phenoxy) is 1. The molecule has 0 aliphatic rings. The molecule has 0 saturated heterocycles. The molecule has 0 aliphatic carbocycles. The number of rotatable bonds is 5. The molecule has 1 aromatic carbocycles. The van der Waals surface area contributed by atoms with Crippen LogP contribution in [0.5, 0.6) is 0 Å². The summed E-state index contributed by atoms with van der Waals surface area (Å²) < 4.78 is 6.93. The number of hydrogen-bond acceptors (Lipinski definition) is 3. The number of nitrogens with zero attached hydrogens (tertiary/aromatic N) is 2. The lowest BCUT2D eigenvalue weighted by Gasteiger charge is -2.16. The summed E-state index contributed by atoms with van der Waals surface area (Å²) in [5.41, 5.74) is 4.79. The number of anilines is 1. The SMILES string of the molecule is COCc1cccc(NC(=O)N[C@H](C)c2c(C)nn(C)c2C)c1. The molecule has 0 saturated carbocycles. The van der Waals surface area contributed by atoms with Crippen molar-refractivity contribution in [1.29, 1.82) is 0 Å². The molecule has 0 bridgehead atoms. The zero-order valence-electron chi connectivity index (χ0n) is 14.3. The maximum absolute atomic E-state index is 12.2. The molecule has 2 amide bonds. The Morgan fingerprint density at radius 1 is 1.39 bits per heavy atom. The van der Waals surface area contributed by atoms with Crippen LogP contribution in [-0.2, 0) is 18.4 Å². The predicted molar refractivity (Wildman–Crippen MR) is 90.4 cm³/mol. The number of aromatic nitrogens is 2. The van der Waals surface area contributed by atoms with Crippen LogP contribution >= 0.6 is 0 Å². The van der Waals surface area contributed by atoms with Crippen molar-refractivity contribution < 1.29 is 9.53 Å². The fourth-order valence-corrected chi connectivity index (χ4v) is 2.76. The van der Waals surface area contributed by atoms with Gasteiger partial charge in [-0.2, -0.15) is 5.10 Å². The summed E-state index contributed by atoms with van der Waals surface area (Å²) in [6.07, 6.45) is 0. The molecule has 6 nitrogen and oxygen atoms in total. The van der Waals surface area contributed by atoms with Crippen LogP contribution in [0.2, 0.25) is 0 Å². The van der Waals surface area contributed by atoms with Crippen molar-refractivity contribution in [1.82, 2.24) is 15.1 Å². The molecule has 2 rings (SSSR count). The number of nitrogens with one attached hydrogen (secondary N) is 2. The average Bonchev–Trinajstić information content (AvgIpc) is 2.72. The first-order valence-electron chi connectivity index (χ1n) is 7.58. The third kappa shape index (κ3) is 4.10. The standard InChI is InChI=1S/C17H24N4O2/c1-11(16-12(2)20-21(4)13(16)3)18-17(22)19-15-8-6-7-14(9-15)10-23-5/h6-9,11H,10H2,1-5H3,(H2,18,19,22)/t11-/m1/s1. The van der Waals surface area contributed by atoms with Gasteiger partial charge in [-0.25, -0.2) is 4.79 Å². The van der Waals surface area contributed by atoms with Crippen LogP contribution in [0.1, 0.15) is 35.5 Å². The van der Waals surface area contributed by atoms with Gasteiger partial charge in [0.1, 0.15) is 0 Å². The summed E-state index contributed by atoms with van der Waals surface area (Å²) >= 11 is 0. The van der Waals surface area contributed by atoms with E-state index < -0.39 is 0 Å². The van der Waals surface area contributed by atoms with Gasteiger partial charge in [0.15, 0.2) is 0 Å². The summed E-state index contributed by atoms with van der Waals surface area (Å²) in [7, 11) is 3.55. The van der Waals surface area contributed by atoms with Gasteiger partial charge >= 0.3 is 6.03 Å². The number of methoxy groups -OCH3 is 1. The topological polar surface area (TPSA) is 68.2 Å². The molecule has 0 unspecified atom stereocenters. The van der Waals surface area contributed by atoms with E-state index in [-0.39, 0.29) is 12.1 Å². The quantitative estimate of drug-likeness (QED) is 0.891. The van der Waals surface area contributed by atoms with Gasteiger partial charge in [-0.15, -0.1) is 0 Å². The molecule has 1 heterocycles. The highest BCUT2D eigenvalue weighted by Gasteiger charge is 2.18. The van der Waals surface area contributed by atoms with Crippen LogP contribution in [0.25, 0.3) is 0 Å². The van der Waals surface area contributed by atoms with Gasteiger partial charge in [-0.05, 0) is 38.5 Å². The van der Waals surface area contributed by atoms with Crippen LogP contribution < -0.4 is 10.6 Å². The molecule has 23 heavy (non-hydrogen) atoms. The molecule has 1 atom stereocenters. The Hall–Kier alpha value is -2.34. The van der Waals surface area contributed by atoms with Gasteiger partial charge in [0.25, 0.3) is 0 Å².